The molecule has 0 fully saturated rings. The van der Waals surface area contributed by atoms with Crippen LogP contribution in [0.4, 0.5) is 0 Å². The highest BCUT2D eigenvalue weighted by molar-refractivity contribution is 9.10. The van der Waals surface area contributed by atoms with Gasteiger partial charge in [-0.25, -0.2) is 0 Å². The Balaban J connectivity index is 1.94. The maximum absolute atomic E-state index is 6.33. The van der Waals surface area contributed by atoms with Gasteiger partial charge < -0.3 is 9.47 Å². The van der Waals surface area contributed by atoms with Gasteiger partial charge in [-0.1, -0.05) is 55.6 Å². The summed E-state index contributed by atoms with van der Waals surface area (Å²) in [5.41, 5.74) is 2.11. The van der Waals surface area contributed by atoms with Crippen LogP contribution in [-0.4, -0.2) is 13.2 Å². The molecule has 110 valence electrons. The summed E-state index contributed by atoms with van der Waals surface area (Å²) in [5, 5.41) is 0.721. The minimum Gasteiger partial charge on any atom is -0.490 e. The predicted octanol–water partition coefficient (Wildman–Crippen LogP) is 5.75. The zero-order chi connectivity index (χ0) is 14.8. The van der Waals surface area contributed by atoms with E-state index in [9.17, 15) is 0 Å². The molecule has 1 aliphatic heterocycles. The number of rotatable bonds is 2. The Morgan fingerprint density at radius 2 is 1.76 bits per heavy atom. The molecule has 21 heavy (non-hydrogen) atoms. The monoisotopic (exact) mass is 430 g/mol. The van der Waals surface area contributed by atoms with E-state index in [-0.39, 0.29) is 4.83 Å². The van der Waals surface area contributed by atoms with Crippen molar-refractivity contribution in [2.24, 2.45) is 0 Å². The Morgan fingerprint density at radius 3 is 2.52 bits per heavy atom. The van der Waals surface area contributed by atoms with E-state index >= 15 is 0 Å². The number of hydrogen-bond acceptors (Lipinski definition) is 2. The van der Waals surface area contributed by atoms with E-state index in [1.807, 2.05) is 36.4 Å². The molecule has 1 unspecified atom stereocenters. The maximum Gasteiger partial charge on any atom is 0.161 e. The molecule has 1 heterocycles. The highest BCUT2D eigenvalue weighted by Crippen LogP contribution is 2.40. The van der Waals surface area contributed by atoms with Gasteiger partial charge in [0.15, 0.2) is 11.5 Å². The molecule has 0 aromatic heterocycles. The van der Waals surface area contributed by atoms with Crippen LogP contribution in [0.25, 0.3) is 0 Å². The van der Waals surface area contributed by atoms with Crippen molar-refractivity contribution in [3.63, 3.8) is 0 Å². The van der Waals surface area contributed by atoms with Crippen molar-refractivity contribution in [1.82, 2.24) is 0 Å². The summed E-state index contributed by atoms with van der Waals surface area (Å²) < 4.78 is 12.4. The summed E-state index contributed by atoms with van der Waals surface area (Å²) in [5.74, 6) is 1.60. The van der Waals surface area contributed by atoms with Crippen LogP contribution in [0.2, 0.25) is 5.02 Å². The summed E-state index contributed by atoms with van der Waals surface area (Å²) in [7, 11) is 0. The van der Waals surface area contributed by atoms with Gasteiger partial charge in [0.05, 0.1) is 18.0 Å². The largest absolute Gasteiger partial charge is 0.490 e. The molecule has 0 bridgehead atoms. The molecular weight excluding hydrogens is 419 g/mol. The number of ether oxygens (including phenoxy) is 2. The van der Waals surface area contributed by atoms with Gasteiger partial charge in [-0.3, -0.25) is 0 Å². The van der Waals surface area contributed by atoms with Crippen LogP contribution in [0.5, 0.6) is 11.5 Å². The van der Waals surface area contributed by atoms with Crippen molar-refractivity contribution < 1.29 is 9.47 Å². The number of hydrogen-bond donors (Lipinski definition) is 0. The van der Waals surface area contributed by atoms with E-state index in [1.165, 1.54) is 0 Å². The molecule has 0 radical (unpaired) electrons. The van der Waals surface area contributed by atoms with Crippen molar-refractivity contribution in [2.75, 3.05) is 13.2 Å². The van der Waals surface area contributed by atoms with E-state index in [0.29, 0.717) is 13.2 Å². The molecule has 3 rings (SSSR count). The molecule has 0 aliphatic carbocycles. The van der Waals surface area contributed by atoms with Crippen LogP contribution in [0, 0.1) is 0 Å². The second-order valence-corrected chi connectivity index (χ2v) is 7.02. The average molecular weight is 433 g/mol. The van der Waals surface area contributed by atoms with Crippen molar-refractivity contribution in [1.29, 1.82) is 0 Å². The second-order valence-electron chi connectivity index (χ2n) is 4.79. The topological polar surface area (TPSA) is 18.5 Å². The zero-order valence-corrected chi connectivity index (χ0v) is 15.0. The van der Waals surface area contributed by atoms with Gasteiger partial charge in [0.25, 0.3) is 0 Å². The van der Waals surface area contributed by atoms with E-state index in [1.54, 1.807) is 0 Å². The smallest absolute Gasteiger partial charge is 0.161 e. The standard InChI is InChI=1S/C16H13Br2ClO2/c17-11-3-4-12(13(19)9-11)16(18)10-2-5-14-15(8-10)21-7-1-6-20-14/h2-5,8-9,16H,1,6-7H2. The summed E-state index contributed by atoms with van der Waals surface area (Å²) in [6, 6.07) is 11.9. The van der Waals surface area contributed by atoms with Crippen molar-refractivity contribution in [3.05, 3.63) is 57.0 Å². The lowest BCUT2D eigenvalue weighted by molar-refractivity contribution is 0.297. The molecule has 0 amide bonds. The fourth-order valence-electron chi connectivity index (χ4n) is 2.22. The molecule has 0 saturated carbocycles. The minimum absolute atomic E-state index is 0.00949. The third-order valence-electron chi connectivity index (χ3n) is 3.30. The van der Waals surface area contributed by atoms with Crippen molar-refractivity contribution in [3.8, 4) is 11.5 Å². The molecule has 0 spiro atoms. The Labute approximate surface area is 145 Å². The second kappa shape index (κ2) is 6.59. The van der Waals surface area contributed by atoms with Crippen LogP contribution < -0.4 is 9.47 Å². The third kappa shape index (κ3) is 3.38. The lowest BCUT2D eigenvalue weighted by Gasteiger charge is -2.15. The Morgan fingerprint density at radius 1 is 1.00 bits per heavy atom. The summed E-state index contributed by atoms with van der Waals surface area (Å²) >= 11 is 13.5. The van der Waals surface area contributed by atoms with E-state index in [4.69, 9.17) is 21.1 Å². The Kier molecular flexibility index (Phi) is 4.77. The Bertz CT molecular complexity index is 661. The van der Waals surface area contributed by atoms with Crippen LogP contribution in [0.15, 0.2) is 40.9 Å². The summed E-state index contributed by atoms with van der Waals surface area (Å²) in [4.78, 5) is 0.00949. The summed E-state index contributed by atoms with van der Waals surface area (Å²) in [6.45, 7) is 1.38. The predicted molar refractivity (Wildman–Crippen MR) is 92.0 cm³/mol. The van der Waals surface area contributed by atoms with Gasteiger partial charge in [-0.05, 0) is 35.4 Å². The number of halogens is 3. The molecule has 2 aromatic carbocycles. The van der Waals surface area contributed by atoms with Crippen molar-refractivity contribution in [2.45, 2.75) is 11.2 Å². The fraction of sp³-hybridized carbons (Fsp3) is 0.250. The van der Waals surface area contributed by atoms with E-state index in [0.717, 1.165) is 38.5 Å². The van der Waals surface area contributed by atoms with Crippen LogP contribution in [-0.2, 0) is 0 Å². The first kappa shape index (κ1) is 15.2. The number of fused-ring (bicyclic) bond motifs is 1. The minimum atomic E-state index is 0.00949. The molecule has 1 aliphatic rings. The van der Waals surface area contributed by atoms with Gasteiger partial charge in [-0.2, -0.15) is 0 Å². The van der Waals surface area contributed by atoms with Crippen LogP contribution >= 0.6 is 43.5 Å². The van der Waals surface area contributed by atoms with Crippen LogP contribution in [0.3, 0.4) is 0 Å². The maximum atomic E-state index is 6.33. The van der Waals surface area contributed by atoms with E-state index in [2.05, 4.69) is 31.9 Å². The Hall–Kier alpha value is -0.710. The SMILES string of the molecule is Clc1cc(Br)ccc1C(Br)c1ccc2c(c1)OCCCO2. The van der Waals surface area contributed by atoms with Gasteiger partial charge in [0.2, 0.25) is 0 Å². The molecule has 1 atom stereocenters. The van der Waals surface area contributed by atoms with Crippen LogP contribution in [0.1, 0.15) is 22.4 Å². The lowest BCUT2D eigenvalue weighted by Crippen LogP contribution is -1.98. The van der Waals surface area contributed by atoms with Gasteiger partial charge in [0.1, 0.15) is 0 Å². The quantitative estimate of drug-likeness (QED) is 0.563. The number of alkyl halides is 1. The molecule has 5 heteroatoms. The molecule has 2 nitrogen and oxygen atoms in total. The van der Waals surface area contributed by atoms with Crippen molar-refractivity contribution >= 4 is 43.5 Å². The first-order valence-corrected chi connectivity index (χ1v) is 8.72. The highest BCUT2D eigenvalue weighted by atomic mass is 79.9. The number of benzene rings is 2. The van der Waals surface area contributed by atoms with Gasteiger partial charge in [-0.15, -0.1) is 0 Å². The van der Waals surface area contributed by atoms with Gasteiger partial charge in [0, 0.05) is 15.9 Å². The van der Waals surface area contributed by atoms with E-state index < -0.39 is 0 Å². The molecule has 0 saturated heterocycles. The van der Waals surface area contributed by atoms with Gasteiger partial charge >= 0.3 is 0 Å². The fourth-order valence-corrected chi connectivity index (χ4v) is 3.82. The molecular formula is C16H13Br2ClO2. The third-order valence-corrected chi connectivity index (χ3v) is 5.14. The first-order valence-electron chi connectivity index (χ1n) is 6.64. The molecule has 2 aromatic rings. The normalized spacial score (nSPS) is 15.4. The average Bonchev–Trinajstić information content (AvgIpc) is 2.71. The highest BCUT2D eigenvalue weighted by Gasteiger charge is 2.17. The first-order chi connectivity index (χ1) is 10.1. The lowest BCUT2D eigenvalue weighted by atomic mass is 10.0. The zero-order valence-electron chi connectivity index (χ0n) is 11.1. The summed E-state index contributed by atoms with van der Waals surface area (Å²) in [6.07, 6.45) is 0.903. The molecule has 0 N–H and O–H groups in total.